The van der Waals surface area contributed by atoms with E-state index < -0.39 is 18.2 Å². The van der Waals surface area contributed by atoms with Crippen LogP contribution in [0.15, 0.2) is 23.8 Å². The van der Waals surface area contributed by atoms with Crippen molar-refractivity contribution in [3.8, 4) is 0 Å². The summed E-state index contributed by atoms with van der Waals surface area (Å²) < 4.78 is 4.40. The third kappa shape index (κ3) is 1.54. The predicted octanol–water partition coefficient (Wildman–Crippen LogP) is -0.623. The van der Waals surface area contributed by atoms with Gasteiger partial charge in [-0.25, -0.2) is 4.79 Å². The van der Waals surface area contributed by atoms with Crippen molar-refractivity contribution in [2.75, 3.05) is 7.11 Å². The Kier molecular flexibility index (Phi) is 2.62. The normalized spacial score (nSPS) is 28.1. The first-order valence-corrected chi connectivity index (χ1v) is 3.49. The Hall–Kier alpha value is -1.13. The number of hydrogen-bond donors (Lipinski definition) is 2. The fourth-order valence-corrected chi connectivity index (χ4v) is 0.968. The second kappa shape index (κ2) is 3.51. The Balaban J connectivity index is 2.82. The third-order valence-electron chi connectivity index (χ3n) is 1.65. The molecule has 1 aliphatic rings. The number of rotatable bonds is 1. The molecule has 0 fully saturated rings. The Labute approximate surface area is 69.8 Å². The summed E-state index contributed by atoms with van der Waals surface area (Å²) in [7, 11) is 1.22. The molecule has 0 spiro atoms. The van der Waals surface area contributed by atoms with Crippen molar-refractivity contribution in [1.29, 1.82) is 0 Å². The Bertz CT molecular complexity index is 241. The van der Waals surface area contributed by atoms with E-state index in [-0.39, 0.29) is 5.57 Å². The van der Waals surface area contributed by atoms with Gasteiger partial charge in [-0.05, 0) is 6.08 Å². The second-order valence-corrected chi connectivity index (χ2v) is 2.43. The lowest BCUT2D eigenvalue weighted by atomic mass is 9.99. The number of methoxy groups -OCH3 is 1. The van der Waals surface area contributed by atoms with Crippen molar-refractivity contribution in [1.82, 2.24) is 0 Å². The zero-order chi connectivity index (χ0) is 9.14. The van der Waals surface area contributed by atoms with E-state index in [2.05, 4.69) is 4.74 Å². The molecule has 12 heavy (non-hydrogen) atoms. The van der Waals surface area contributed by atoms with Gasteiger partial charge in [0.2, 0.25) is 0 Å². The fourth-order valence-electron chi connectivity index (χ4n) is 0.968. The fraction of sp³-hybridized carbons (Fsp3) is 0.375. The van der Waals surface area contributed by atoms with Gasteiger partial charge >= 0.3 is 5.97 Å². The van der Waals surface area contributed by atoms with Crippen LogP contribution in [0.2, 0.25) is 0 Å². The number of ether oxygens (including phenoxy) is 1. The Morgan fingerprint density at radius 2 is 2.25 bits per heavy atom. The van der Waals surface area contributed by atoms with Crippen molar-refractivity contribution in [2.45, 2.75) is 12.2 Å². The summed E-state index contributed by atoms with van der Waals surface area (Å²) >= 11 is 0. The van der Waals surface area contributed by atoms with Gasteiger partial charge in [0.15, 0.2) is 0 Å². The highest BCUT2D eigenvalue weighted by atomic mass is 16.5. The van der Waals surface area contributed by atoms with Gasteiger partial charge in [0, 0.05) is 0 Å². The molecule has 0 aromatic carbocycles. The summed E-state index contributed by atoms with van der Waals surface area (Å²) in [5.41, 5.74) is 0.0764. The molecule has 0 bridgehead atoms. The zero-order valence-electron chi connectivity index (χ0n) is 6.60. The van der Waals surface area contributed by atoms with Crippen molar-refractivity contribution < 1.29 is 19.7 Å². The van der Waals surface area contributed by atoms with E-state index in [1.807, 2.05) is 0 Å². The van der Waals surface area contributed by atoms with E-state index in [0.717, 1.165) is 0 Å². The average molecular weight is 170 g/mol. The predicted molar refractivity (Wildman–Crippen MR) is 41.3 cm³/mol. The highest BCUT2D eigenvalue weighted by Crippen LogP contribution is 2.14. The van der Waals surface area contributed by atoms with Crippen LogP contribution in [-0.4, -0.2) is 35.5 Å². The van der Waals surface area contributed by atoms with Crippen LogP contribution < -0.4 is 0 Å². The summed E-state index contributed by atoms with van der Waals surface area (Å²) in [6.45, 7) is 0. The van der Waals surface area contributed by atoms with Crippen molar-refractivity contribution in [3.63, 3.8) is 0 Å². The molecule has 4 nitrogen and oxygen atoms in total. The first kappa shape index (κ1) is 8.96. The molecule has 0 aromatic rings. The molecule has 1 rings (SSSR count). The lowest BCUT2D eigenvalue weighted by molar-refractivity contribution is -0.137. The molecular weight excluding hydrogens is 160 g/mol. The minimum Gasteiger partial charge on any atom is -0.466 e. The molecule has 1 aliphatic carbocycles. The van der Waals surface area contributed by atoms with Gasteiger partial charge in [-0.3, -0.25) is 0 Å². The topological polar surface area (TPSA) is 66.8 Å². The minimum atomic E-state index is -1.18. The maximum absolute atomic E-state index is 10.9. The van der Waals surface area contributed by atoms with Crippen molar-refractivity contribution in [3.05, 3.63) is 23.8 Å². The van der Waals surface area contributed by atoms with Crippen LogP contribution in [0.5, 0.6) is 0 Å². The molecule has 0 unspecified atom stereocenters. The van der Waals surface area contributed by atoms with Crippen LogP contribution in [-0.2, 0) is 9.53 Å². The highest BCUT2D eigenvalue weighted by molar-refractivity contribution is 5.90. The SMILES string of the molecule is COC(=O)C1=CC=C[C@@H](O)[C@H]1O. The van der Waals surface area contributed by atoms with Crippen LogP contribution in [0.25, 0.3) is 0 Å². The molecule has 2 N–H and O–H groups in total. The van der Waals surface area contributed by atoms with Crippen LogP contribution in [0.3, 0.4) is 0 Å². The third-order valence-corrected chi connectivity index (χ3v) is 1.65. The first-order valence-electron chi connectivity index (χ1n) is 3.49. The van der Waals surface area contributed by atoms with E-state index in [1.165, 1.54) is 25.3 Å². The van der Waals surface area contributed by atoms with E-state index in [0.29, 0.717) is 0 Å². The average Bonchev–Trinajstić information content (AvgIpc) is 2.08. The van der Waals surface area contributed by atoms with Crippen LogP contribution in [0.4, 0.5) is 0 Å². The van der Waals surface area contributed by atoms with E-state index in [1.54, 1.807) is 0 Å². The van der Waals surface area contributed by atoms with Gasteiger partial charge in [-0.1, -0.05) is 12.2 Å². The largest absolute Gasteiger partial charge is 0.466 e. The monoisotopic (exact) mass is 170 g/mol. The summed E-state index contributed by atoms with van der Waals surface area (Å²) in [6.07, 6.45) is 2.12. The molecule has 0 aliphatic heterocycles. The molecule has 0 radical (unpaired) electrons. The number of aliphatic hydroxyl groups excluding tert-OH is 2. The number of carbonyl (C=O) groups is 1. The minimum absolute atomic E-state index is 0.0764. The van der Waals surface area contributed by atoms with Gasteiger partial charge in [0.25, 0.3) is 0 Å². The molecule has 2 atom stereocenters. The lowest BCUT2D eigenvalue weighted by Gasteiger charge is -2.18. The van der Waals surface area contributed by atoms with E-state index in [4.69, 9.17) is 5.11 Å². The van der Waals surface area contributed by atoms with Gasteiger partial charge < -0.3 is 14.9 Å². The van der Waals surface area contributed by atoms with Crippen LogP contribution >= 0.6 is 0 Å². The van der Waals surface area contributed by atoms with E-state index >= 15 is 0 Å². The first-order chi connectivity index (χ1) is 5.66. The van der Waals surface area contributed by atoms with Crippen molar-refractivity contribution >= 4 is 5.97 Å². The number of esters is 1. The molecular formula is C8H10O4. The molecule has 0 amide bonds. The number of hydrogen-bond acceptors (Lipinski definition) is 4. The van der Waals surface area contributed by atoms with Crippen LogP contribution in [0.1, 0.15) is 0 Å². The molecule has 0 saturated heterocycles. The number of carbonyl (C=O) groups excluding carboxylic acids is 1. The zero-order valence-corrected chi connectivity index (χ0v) is 6.60. The molecule has 0 heterocycles. The number of allylic oxidation sites excluding steroid dienone is 2. The maximum atomic E-state index is 10.9. The summed E-state index contributed by atoms with van der Waals surface area (Å²) in [6, 6.07) is 0. The Morgan fingerprint density at radius 3 is 2.83 bits per heavy atom. The lowest BCUT2D eigenvalue weighted by Crippen LogP contribution is -2.31. The Morgan fingerprint density at radius 1 is 1.58 bits per heavy atom. The van der Waals surface area contributed by atoms with Crippen molar-refractivity contribution in [2.24, 2.45) is 0 Å². The van der Waals surface area contributed by atoms with Gasteiger partial charge in [0.05, 0.1) is 12.7 Å². The summed E-state index contributed by atoms with van der Waals surface area (Å²) in [5, 5.41) is 18.4. The van der Waals surface area contributed by atoms with Crippen LogP contribution in [0, 0.1) is 0 Å². The summed E-state index contributed by atoms with van der Waals surface area (Å²) in [4.78, 5) is 10.9. The van der Waals surface area contributed by atoms with Gasteiger partial charge in [0.1, 0.15) is 12.2 Å². The molecule has 0 aromatic heterocycles. The maximum Gasteiger partial charge on any atom is 0.336 e. The molecule has 0 saturated carbocycles. The second-order valence-electron chi connectivity index (χ2n) is 2.43. The van der Waals surface area contributed by atoms with E-state index in [9.17, 15) is 9.90 Å². The standard InChI is InChI=1S/C8H10O4/c1-12-8(11)5-3-2-4-6(9)7(5)10/h2-4,6-7,9-10H,1H3/t6-,7+/m1/s1. The summed E-state index contributed by atoms with van der Waals surface area (Å²) in [5.74, 6) is -0.620. The van der Waals surface area contributed by atoms with Gasteiger partial charge in [-0.15, -0.1) is 0 Å². The number of aliphatic hydroxyl groups is 2. The smallest absolute Gasteiger partial charge is 0.336 e. The van der Waals surface area contributed by atoms with Gasteiger partial charge in [-0.2, -0.15) is 0 Å². The molecule has 4 heteroatoms. The molecule has 66 valence electrons. The quantitative estimate of drug-likeness (QED) is 0.514. The highest BCUT2D eigenvalue weighted by Gasteiger charge is 2.26.